The fourth-order valence-electron chi connectivity index (χ4n) is 1.46. The molecule has 1 amide bonds. The van der Waals surface area contributed by atoms with E-state index in [1.54, 1.807) is 12.3 Å². The second-order valence-corrected chi connectivity index (χ2v) is 4.20. The van der Waals surface area contributed by atoms with Gasteiger partial charge in [-0.2, -0.15) is 0 Å². The van der Waals surface area contributed by atoms with Crippen molar-refractivity contribution in [2.75, 3.05) is 10.6 Å². The monoisotopic (exact) mass is 225 g/mol. The third kappa shape index (κ3) is 1.90. The van der Waals surface area contributed by atoms with Crippen LogP contribution in [0.1, 0.15) is 13.8 Å². The van der Waals surface area contributed by atoms with E-state index in [0.717, 1.165) is 0 Å². The third-order valence-electron chi connectivity index (χ3n) is 2.64. The minimum Gasteiger partial charge on any atom is -0.365 e. The van der Waals surface area contributed by atoms with Gasteiger partial charge in [0.05, 0.1) is 16.6 Å². The molecule has 0 saturated carbocycles. The molecule has 0 fully saturated rings. The van der Waals surface area contributed by atoms with Gasteiger partial charge >= 0.3 is 0 Å². The van der Waals surface area contributed by atoms with Gasteiger partial charge in [-0.15, -0.1) is 0 Å². The van der Waals surface area contributed by atoms with Gasteiger partial charge in [-0.05, 0) is 13.0 Å². The summed E-state index contributed by atoms with van der Waals surface area (Å²) < 4.78 is 0. The molecule has 2 N–H and O–H groups in total. The zero-order valence-electron chi connectivity index (χ0n) is 8.54. The standard InChI is InChI=1S/C10H12ClN3O/c1-5-6(2)13-9-8(14-10(5)15)3-7(11)4-12-9/h3-6H,1-2H3,(H,12,13)(H,14,15). The summed E-state index contributed by atoms with van der Waals surface area (Å²) in [5.74, 6) is 0.556. The largest absolute Gasteiger partial charge is 0.365 e. The number of carbonyl (C=O) groups is 1. The number of halogens is 1. The van der Waals surface area contributed by atoms with Crippen molar-refractivity contribution < 1.29 is 4.79 Å². The van der Waals surface area contributed by atoms with Crippen LogP contribution in [-0.4, -0.2) is 16.9 Å². The molecular weight excluding hydrogens is 214 g/mol. The highest BCUT2D eigenvalue weighted by Crippen LogP contribution is 2.27. The Labute approximate surface area is 93.0 Å². The first-order chi connectivity index (χ1) is 7.08. The number of amides is 1. The lowest BCUT2D eigenvalue weighted by molar-refractivity contribution is -0.119. The Hall–Kier alpha value is -1.29. The zero-order valence-corrected chi connectivity index (χ0v) is 9.30. The topological polar surface area (TPSA) is 54.0 Å². The van der Waals surface area contributed by atoms with Gasteiger partial charge in [0.15, 0.2) is 0 Å². The molecule has 15 heavy (non-hydrogen) atoms. The molecule has 0 bridgehead atoms. The van der Waals surface area contributed by atoms with Crippen LogP contribution in [-0.2, 0) is 4.79 Å². The maximum absolute atomic E-state index is 11.7. The Bertz CT molecular complexity index is 408. The van der Waals surface area contributed by atoms with Crippen LogP contribution in [0.4, 0.5) is 11.5 Å². The van der Waals surface area contributed by atoms with Crippen molar-refractivity contribution in [1.82, 2.24) is 4.98 Å². The van der Waals surface area contributed by atoms with E-state index in [-0.39, 0.29) is 17.9 Å². The normalized spacial score (nSPS) is 24.9. The van der Waals surface area contributed by atoms with Crippen LogP contribution >= 0.6 is 11.6 Å². The molecule has 0 saturated heterocycles. The average Bonchev–Trinajstić information content (AvgIpc) is 2.29. The van der Waals surface area contributed by atoms with Crippen molar-refractivity contribution in [3.63, 3.8) is 0 Å². The van der Waals surface area contributed by atoms with Crippen LogP contribution in [0.25, 0.3) is 0 Å². The summed E-state index contributed by atoms with van der Waals surface area (Å²) in [6, 6.07) is 1.75. The smallest absolute Gasteiger partial charge is 0.229 e. The Kier molecular flexibility index (Phi) is 2.52. The maximum Gasteiger partial charge on any atom is 0.229 e. The Morgan fingerprint density at radius 1 is 1.47 bits per heavy atom. The number of anilines is 2. The van der Waals surface area contributed by atoms with Crippen LogP contribution in [0.2, 0.25) is 5.02 Å². The number of aromatic nitrogens is 1. The lowest BCUT2D eigenvalue weighted by Gasteiger charge is -2.15. The molecule has 1 aromatic rings. The fraction of sp³-hybridized carbons (Fsp3) is 0.400. The molecule has 0 aliphatic carbocycles. The second-order valence-electron chi connectivity index (χ2n) is 3.76. The molecule has 1 aliphatic rings. The number of nitrogens with zero attached hydrogens (tertiary/aromatic N) is 1. The minimum absolute atomic E-state index is 0.0159. The molecule has 0 radical (unpaired) electrons. The molecule has 0 spiro atoms. The van der Waals surface area contributed by atoms with E-state index in [9.17, 15) is 4.79 Å². The molecule has 80 valence electrons. The summed E-state index contributed by atoms with van der Waals surface area (Å²) in [4.78, 5) is 15.8. The zero-order chi connectivity index (χ0) is 11.0. The predicted octanol–water partition coefficient (Wildman–Crippen LogP) is 2.12. The summed E-state index contributed by atoms with van der Waals surface area (Å²) in [6.07, 6.45) is 1.56. The van der Waals surface area contributed by atoms with Gasteiger partial charge in [-0.3, -0.25) is 4.79 Å². The van der Waals surface area contributed by atoms with E-state index >= 15 is 0 Å². The SMILES string of the molecule is CC1Nc2ncc(Cl)cc2NC(=O)C1C. The van der Waals surface area contributed by atoms with Crippen LogP contribution in [0, 0.1) is 5.92 Å². The quantitative estimate of drug-likeness (QED) is 0.711. The lowest BCUT2D eigenvalue weighted by Crippen LogP contribution is -2.30. The highest BCUT2D eigenvalue weighted by Gasteiger charge is 2.25. The Morgan fingerprint density at radius 2 is 2.20 bits per heavy atom. The minimum atomic E-state index is -0.0991. The van der Waals surface area contributed by atoms with Gasteiger partial charge in [0.1, 0.15) is 5.82 Å². The molecule has 2 unspecified atom stereocenters. The maximum atomic E-state index is 11.7. The van der Waals surface area contributed by atoms with Gasteiger partial charge in [-0.25, -0.2) is 4.98 Å². The molecule has 2 rings (SSSR count). The lowest BCUT2D eigenvalue weighted by atomic mass is 10.0. The molecule has 0 aromatic carbocycles. The summed E-state index contributed by atoms with van der Waals surface area (Å²) in [7, 11) is 0. The van der Waals surface area contributed by atoms with Crippen molar-refractivity contribution >= 4 is 29.0 Å². The number of fused-ring (bicyclic) bond motifs is 1. The van der Waals surface area contributed by atoms with Crippen molar-refractivity contribution in [3.8, 4) is 0 Å². The van der Waals surface area contributed by atoms with Gasteiger partial charge in [-0.1, -0.05) is 18.5 Å². The van der Waals surface area contributed by atoms with Gasteiger partial charge in [0.2, 0.25) is 5.91 Å². The summed E-state index contributed by atoms with van der Waals surface area (Å²) in [5.41, 5.74) is 0.642. The second kappa shape index (κ2) is 3.70. The van der Waals surface area contributed by atoms with Gasteiger partial charge in [0.25, 0.3) is 0 Å². The van der Waals surface area contributed by atoms with Crippen LogP contribution in [0.15, 0.2) is 12.3 Å². The fourth-order valence-corrected chi connectivity index (χ4v) is 1.62. The van der Waals surface area contributed by atoms with Crippen LogP contribution in [0.3, 0.4) is 0 Å². The highest BCUT2D eigenvalue weighted by molar-refractivity contribution is 6.30. The van der Waals surface area contributed by atoms with E-state index in [0.29, 0.717) is 16.5 Å². The third-order valence-corrected chi connectivity index (χ3v) is 2.85. The number of hydrogen-bond donors (Lipinski definition) is 2. The summed E-state index contributed by atoms with van der Waals surface area (Å²) in [6.45, 7) is 3.83. The van der Waals surface area contributed by atoms with E-state index < -0.39 is 0 Å². The van der Waals surface area contributed by atoms with Crippen LogP contribution < -0.4 is 10.6 Å². The van der Waals surface area contributed by atoms with Crippen LogP contribution in [0.5, 0.6) is 0 Å². The van der Waals surface area contributed by atoms with Crippen molar-refractivity contribution in [3.05, 3.63) is 17.3 Å². The first kappa shape index (κ1) is 10.2. The molecule has 4 nitrogen and oxygen atoms in total. The predicted molar refractivity (Wildman–Crippen MR) is 60.1 cm³/mol. The van der Waals surface area contributed by atoms with E-state index in [1.165, 1.54) is 0 Å². The average molecular weight is 226 g/mol. The molecular formula is C10H12ClN3O. The number of hydrogen-bond acceptors (Lipinski definition) is 3. The molecule has 2 atom stereocenters. The number of carbonyl (C=O) groups excluding carboxylic acids is 1. The van der Waals surface area contributed by atoms with Crippen molar-refractivity contribution in [2.45, 2.75) is 19.9 Å². The summed E-state index contributed by atoms with van der Waals surface area (Å²) >= 11 is 5.81. The van der Waals surface area contributed by atoms with E-state index in [2.05, 4.69) is 15.6 Å². The Morgan fingerprint density at radius 3 is 2.93 bits per heavy atom. The summed E-state index contributed by atoms with van der Waals surface area (Å²) in [5, 5.41) is 6.48. The van der Waals surface area contributed by atoms with E-state index in [4.69, 9.17) is 11.6 Å². The van der Waals surface area contributed by atoms with Crippen molar-refractivity contribution in [1.29, 1.82) is 0 Å². The molecule has 5 heteroatoms. The first-order valence-corrected chi connectivity index (χ1v) is 5.18. The van der Waals surface area contributed by atoms with Gasteiger partial charge in [0, 0.05) is 12.2 Å². The number of pyridine rings is 1. The highest BCUT2D eigenvalue weighted by atomic mass is 35.5. The number of nitrogens with one attached hydrogen (secondary N) is 2. The van der Waals surface area contributed by atoms with E-state index in [1.807, 2.05) is 13.8 Å². The molecule has 1 aromatic heterocycles. The Balaban J connectivity index is 2.42. The first-order valence-electron chi connectivity index (χ1n) is 4.81. The number of rotatable bonds is 0. The molecule has 2 heterocycles. The van der Waals surface area contributed by atoms with Gasteiger partial charge < -0.3 is 10.6 Å². The molecule has 1 aliphatic heterocycles. The van der Waals surface area contributed by atoms with Crippen molar-refractivity contribution in [2.24, 2.45) is 5.92 Å².